The maximum absolute atomic E-state index is 13.3. The average molecular weight is 469 g/mol. The van der Waals surface area contributed by atoms with Gasteiger partial charge in [0.15, 0.2) is 0 Å². The third kappa shape index (κ3) is 3.75. The van der Waals surface area contributed by atoms with Crippen LogP contribution in [0.25, 0.3) is 21.3 Å². The van der Waals surface area contributed by atoms with Crippen LogP contribution < -0.4 is 5.56 Å². The molecule has 2 aromatic heterocycles. The van der Waals surface area contributed by atoms with Crippen molar-refractivity contribution in [2.24, 2.45) is 0 Å². The second kappa shape index (κ2) is 7.93. The zero-order valence-corrected chi connectivity index (χ0v) is 18.2. The summed E-state index contributed by atoms with van der Waals surface area (Å²) in [4.78, 5) is 31.4. The monoisotopic (exact) mass is 468 g/mol. The van der Waals surface area contributed by atoms with Crippen LogP contribution in [0.2, 0.25) is 0 Å². The number of methoxy groups -OCH3 is 1. The van der Waals surface area contributed by atoms with E-state index in [2.05, 4.69) is 20.9 Å². The van der Waals surface area contributed by atoms with Gasteiger partial charge in [-0.1, -0.05) is 40.2 Å². The first-order chi connectivity index (χ1) is 14.0. The first-order valence-corrected chi connectivity index (χ1v) is 10.5. The molecule has 0 radical (unpaired) electrons. The molecule has 0 aliphatic carbocycles. The molecule has 0 bridgehead atoms. The van der Waals surface area contributed by atoms with Crippen LogP contribution in [-0.4, -0.2) is 22.6 Å². The molecule has 4 aromatic rings. The minimum absolute atomic E-state index is 0.0965. The highest BCUT2D eigenvalue weighted by molar-refractivity contribution is 9.10. The Kier molecular flexibility index (Phi) is 5.34. The summed E-state index contributed by atoms with van der Waals surface area (Å²) >= 11 is 4.97. The van der Waals surface area contributed by atoms with Crippen LogP contribution >= 0.6 is 27.3 Å². The molecule has 4 rings (SSSR count). The Morgan fingerprint density at radius 1 is 1.21 bits per heavy atom. The van der Waals surface area contributed by atoms with Crippen molar-refractivity contribution in [3.05, 3.63) is 85.7 Å². The van der Waals surface area contributed by atoms with E-state index in [0.717, 1.165) is 30.9 Å². The van der Waals surface area contributed by atoms with E-state index >= 15 is 0 Å². The fraction of sp³-hybridized carbons (Fsp3) is 0.136. The topological polar surface area (TPSA) is 61.2 Å². The molecule has 0 N–H and O–H groups in total. The van der Waals surface area contributed by atoms with Gasteiger partial charge in [-0.3, -0.25) is 9.36 Å². The van der Waals surface area contributed by atoms with Crippen molar-refractivity contribution < 1.29 is 9.53 Å². The number of carbonyl (C=O) groups is 1. The molecule has 0 aliphatic rings. The first-order valence-electron chi connectivity index (χ1n) is 8.89. The summed E-state index contributed by atoms with van der Waals surface area (Å²) in [7, 11) is 1.35. The fourth-order valence-electron chi connectivity index (χ4n) is 3.33. The third-order valence-electron chi connectivity index (χ3n) is 4.69. The summed E-state index contributed by atoms with van der Waals surface area (Å²) < 4.78 is 7.34. The maximum Gasteiger partial charge on any atom is 0.337 e. The lowest BCUT2D eigenvalue weighted by Crippen LogP contribution is -2.21. The highest BCUT2D eigenvalue weighted by atomic mass is 79.9. The van der Waals surface area contributed by atoms with Gasteiger partial charge in [-0.25, -0.2) is 9.78 Å². The Morgan fingerprint density at radius 3 is 2.69 bits per heavy atom. The zero-order chi connectivity index (χ0) is 20.5. The van der Waals surface area contributed by atoms with Crippen molar-refractivity contribution in [1.82, 2.24) is 9.55 Å². The van der Waals surface area contributed by atoms with Crippen molar-refractivity contribution in [1.29, 1.82) is 0 Å². The fourth-order valence-corrected chi connectivity index (χ4v) is 4.59. The molecule has 0 saturated carbocycles. The van der Waals surface area contributed by atoms with Crippen LogP contribution in [0.5, 0.6) is 0 Å². The number of rotatable bonds is 4. The number of esters is 1. The summed E-state index contributed by atoms with van der Waals surface area (Å²) in [6.45, 7) is 2.33. The van der Waals surface area contributed by atoms with E-state index < -0.39 is 5.97 Å². The molecule has 0 aliphatic heterocycles. The van der Waals surface area contributed by atoms with Gasteiger partial charge in [-0.2, -0.15) is 0 Å². The number of carbonyl (C=O) groups excluding carboxylic acids is 1. The predicted molar refractivity (Wildman–Crippen MR) is 119 cm³/mol. The van der Waals surface area contributed by atoms with Crippen molar-refractivity contribution in [2.45, 2.75) is 13.5 Å². The maximum atomic E-state index is 13.3. The van der Waals surface area contributed by atoms with Gasteiger partial charge in [0, 0.05) is 14.9 Å². The number of fused-ring (bicyclic) bond motifs is 1. The number of aryl methyl sites for hydroxylation is 1. The van der Waals surface area contributed by atoms with Gasteiger partial charge in [-0.15, -0.1) is 11.3 Å². The van der Waals surface area contributed by atoms with Crippen molar-refractivity contribution in [3.8, 4) is 11.1 Å². The molecular formula is C22H17BrN2O3S. The van der Waals surface area contributed by atoms with E-state index in [9.17, 15) is 9.59 Å². The Hall–Kier alpha value is -2.77. The van der Waals surface area contributed by atoms with Crippen LogP contribution in [0.15, 0.2) is 64.1 Å². The number of hydrogen-bond acceptors (Lipinski definition) is 5. The van der Waals surface area contributed by atoms with Gasteiger partial charge >= 0.3 is 5.97 Å². The molecule has 2 aromatic carbocycles. The summed E-state index contributed by atoms with van der Waals surface area (Å²) in [6.07, 6.45) is 1.57. The van der Waals surface area contributed by atoms with Crippen molar-refractivity contribution >= 4 is 43.5 Å². The third-order valence-corrected chi connectivity index (χ3v) is 6.23. The summed E-state index contributed by atoms with van der Waals surface area (Å²) in [5, 5.41) is 0.626. The Bertz CT molecular complexity index is 1280. The van der Waals surface area contributed by atoms with E-state index in [-0.39, 0.29) is 5.56 Å². The molecule has 0 saturated heterocycles. The number of halogens is 1. The number of nitrogens with zero attached hydrogens (tertiary/aromatic N) is 2. The van der Waals surface area contributed by atoms with Gasteiger partial charge in [-0.05, 0) is 42.3 Å². The predicted octanol–water partition coefficient (Wildman–Crippen LogP) is 5.03. The van der Waals surface area contributed by atoms with Crippen molar-refractivity contribution in [3.63, 3.8) is 0 Å². The second-order valence-electron chi connectivity index (χ2n) is 6.59. The average Bonchev–Trinajstić information content (AvgIpc) is 3.07. The van der Waals surface area contributed by atoms with Gasteiger partial charge < -0.3 is 4.74 Å². The lowest BCUT2D eigenvalue weighted by molar-refractivity contribution is 0.0600. The summed E-state index contributed by atoms with van der Waals surface area (Å²) in [5.41, 5.74) is 3.09. The van der Waals surface area contributed by atoms with Gasteiger partial charge in [0.25, 0.3) is 5.56 Å². The smallest absolute Gasteiger partial charge is 0.337 e. The highest BCUT2D eigenvalue weighted by Crippen LogP contribution is 2.35. The Morgan fingerprint density at radius 2 is 1.97 bits per heavy atom. The van der Waals surface area contributed by atoms with E-state index in [1.165, 1.54) is 18.4 Å². The largest absolute Gasteiger partial charge is 0.465 e. The molecule has 0 spiro atoms. The molecule has 2 heterocycles. The lowest BCUT2D eigenvalue weighted by Gasteiger charge is -2.08. The highest BCUT2D eigenvalue weighted by Gasteiger charge is 2.17. The van der Waals surface area contributed by atoms with Crippen LogP contribution in [0, 0.1) is 6.92 Å². The summed E-state index contributed by atoms with van der Waals surface area (Å²) in [6, 6.07) is 15.0. The Balaban J connectivity index is 1.81. The van der Waals surface area contributed by atoms with Crippen LogP contribution in [-0.2, 0) is 11.3 Å². The van der Waals surface area contributed by atoms with Crippen LogP contribution in [0.1, 0.15) is 20.8 Å². The molecule has 0 atom stereocenters. The Labute approximate surface area is 179 Å². The molecule has 146 valence electrons. The minimum atomic E-state index is -0.404. The molecule has 0 unspecified atom stereocenters. The number of hydrogen-bond donors (Lipinski definition) is 0. The molecule has 0 fully saturated rings. The van der Waals surface area contributed by atoms with E-state index in [0.29, 0.717) is 17.5 Å². The van der Waals surface area contributed by atoms with Gasteiger partial charge in [0.2, 0.25) is 0 Å². The SMILES string of the molecule is COC(=O)c1cccc(Cn2cnc3sc(C)c(-c4ccc(Br)cc4)c3c2=O)c1. The molecule has 7 heteroatoms. The van der Waals surface area contributed by atoms with E-state index in [1.807, 2.05) is 37.3 Å². The van der Waals surface area contributed by atoms with Crippen LogP contribution in [0.4, 0.5) is 0 Å². The molecule has 5 nitrogen and oxygen atoms in total. The van der Waals surface area contributed by atoms with Crippen molar-refractivity contribution in [2.75, 3.05) is 7.11 Å². The molecular weight excluding hydrogens is 452 g/mol. The second-order valence-corrected chi connectivity index (χ2v) is 8.71. The first kappa shape index (κ1) is 19.5. The molecule has 0 amide bonds. The van der Waals surface area contributed by atoms with E-state index in [4.69, 9.17) is 4.74 Å². The number of thiophene rings is 1. The number of ether oxygens (including phenoxy) is 1. The van der Waals surface area contributed by atoms with Gasteiger partial charge in [0.1, 0.15) is 4.83 Å². The van der Waals surface area contributed by atoms with E-state index in [1.54, 1.807) is 29.1 Å². The quantitative estimate of drug-likeness (QED) is 0.394. The minimum Gasteiger partial charge on any atom is -0.465 e. The number of benzene rings is 2. The lowest BCUT2D eigenvalue weighted by atomic mass is 10.0. The number of aromatic nitrogens is 2. The zero-order valence-electron chi connectivity index (χ0n) is 15.8. The van der Waals surface area contributed by atoms with Crippen LogP contribution in [0.3, 0.4) is 0 Å². The molecule has 29 heavy (non-hydrogen) atoms. The van der Waals surface area contributed by atoms with Gasteiger partial charge in [0.05, 0.1) is 30.9 Å². The normalized spacial score (nSPS) is 11.0. The summed E-state index contributed by atoms with van der Waals surface area (Å²) in [5.74, 6) is -0.404. The standard InChI is InChI=1S/C22H17BrN2O3S/c1-13-18(15-6-8-17(23)9-7-15)19-20(29-13)24-12-25(21(19)26)11-14-4-3-5-16(10-14)22(27)28-2/h3-10,12H,11H2,1-2H3.